The first-order valence-electron chi connectivity index (χ1n) is 10.1. The summed E-state index contributed by atoms with van der Waals surface area (Å²) in [7, 11) is 0. The van der Waals surface area contributed by atoms with E-state index in [0.29, 0.717) is 17.8 Å². The van der Waals surface area contributed by atoms with Gasteiger partial charge in [-0.1, -0.05) is 30.3 Å². The predicted molar refractivity (Wildman–Crippen MR) is 111 cm³/mol. The number of aryl methyl sites for hydroxylation is 2. The van der Waals surface area contributed by atoms with E-state index < -0.39 is 0 Å². The molecule has 0 atom stereocenters. The number of nitrogens with zero attached hydrogens (tertiary/aromatic N) is 4. The molecule has 7 heteroatoms. The summed E-state index contributed by atoms with van der Waals surface area (Å²) < 4.78 is 7.14. The number of morpholine rings is 1. The number of fused-ring (bicyclic) bond motifs is 1. The first-order chi connectivity index (χ1) is 14.1. The second kappa shape index (κ2) is 8.71. The fourth-order valence-corrected chi connectivity index (χ4v) is 3.77. The van der Waals surface area contributed by atoms with Gasteiger partial charge in [0.1, 0.15) is 5.56 Å². The maximum atomic E-state index is 12.7. The van der Waals surface area contributed by atoms with E-state index in [2.05, 4.69) is 27.4 Å². The van der Waals surface area contributed by atoms with Crippen LogP contribution in [0.3, 0.4) is 0 Å². The number of hydrogen-bond acceptors (Lipinski definition) is 5. The monoisotopic (exact) mass is 393 g/mol. The van der Waals surface area contributed by atoms with Gasteiger partial charge in [0.25, 0.3) is 5.91 Å². The van der Waals surface area contributed by atoms with Crippen LogP contribution < -0.4 is 5.32 Å². The number of aromatic nitrogens is 3. The van der Waals surface area contributed by atoms with Crippen molar-refractivity contribution < 1.29 is 9.53 Å². The topological polar surface area (TPSA) is 71.8 Å². The summed E-state index contributed by atoms with van der Waals surface area (Å²) in [4.78, 5) is 19.7. The van der Waals surface area contributed by atoms with E-state index >= 15 is 0 Å². The van der Waals surface area contributed by atoms with Gasteiger partial charge in [0.15, 0.2) is 5.65 Å². The number of rotatable bonds is 6. The Hall–Kier alpha value is -2.77. The van der Waals surface area contributed by atoms with E-state index in [9.17, 15) is 4.79 Å². The van der Waals surface area contributed by atoms with Crippen LogP contribution in [0.4, 0.5) is 0 Å². The number of amides is 1. The molecule has 1 N–H and O–H groups in total. The quantitative estimate of drug-likeness (QED) is 0.694. The third-order valence-corrected chi connectivity index (χ3v) is 5.49. The van der Waals surface area contributed by atoms with Crippen molar-refractivity contribution in [3.05, 3.63) is 64.6 Å². The average molecular weight is 393 g/mol. The van der Waals surface area contributed by atoms with Crippen LogP contribution in [-0.2, 0) is 11.2 Å². The summed E-state index contributed by atoms with van der Waals surface area (Å²) in [5, 5.41) is 7.45. The number of carbonyl (C=O) groups is 1. The first-order valence-corrected chi connectivity index (χ1v) is 10.1. The Morgan fingerprint density at radius 2 is 1.93 bits per heavy atom. The Labute approximate surface area is 170 Å². The second-order valence-corrected chi connectivity index (χ2v) is 7.43. The Morgan fingerprint density at radius 3 is 2.69 bits per heavy atom. The summed E-state index contributed by atoms with van der Waals surface area (Å²) >= 11 is 0. The fourth-order valence-electron chi connectivity index (χ4n) is 3.77. The molecule has 3 heterocycles. The third-order valence-electron chi connectivity index (χ3n) is 5.49. The van der Waals surface area contributed by atoms with Gasteiger partial charge in [-0.3, -0.25) is 9.69 Å². The summed E-state index contributed by atoms with van der Waals surface area (Å²) in [6, 6.07) is 10.3. The Balaban J connectivity index is 1.50. The number of hydrogen-bond donors (Lipinski definition) is 1. The van der Waals surface area contributed by atoms with E-state index in [1.807, 2.05) is 32.0 Å². The fraction of sp³-hybridized carbons (Fsp3) is 0.409. The molecule has 1 aliphatic rings. The number of nitrogens with one attached hydrogen (secondary N) is 1. The van der Waals surface area contributed by atoms with Gasteiger partial charge in [0.2, 0.25) is 0 Å². The highest BCUT2D eigenvalue weighted by Gasteiger charge is 2.19. The average Bonchev–Trinajstić information content (AvgIpc) is 3.16. The van der Waals surface area contributed by atoms with Crippen LogP contribution in [0.1, 0.15) is 32.9 Å². The largest absolute Gasteiger partial charge is 0.379 e. The van der Waals surface area contributed by atoms with Crippen molar-refractivity contribution in [1.29, 1.82) is 0 Å². The summed E-state index contributed by atoms with van der Waals surface area (Å²) in [6.45, 7) is 8.80. The maximum absolute atomic E-state index is 12.7. The zero-order valence-corrected chi connectivity index (χ0v) is 17.0. The molecule has 29 heavy (non-hydrogen) atoms. The molecule has 0 radical (unpaired) electrons. The van der Waals surface area contributed by atoms with Gasteiger partial charge in [0, 0.05) is 44.0 Å². The van der Waals surface area contributed by atoms with Crippen LogP contribution in [0.25, 0.3) is 5.65 Å². The third kappa shape index (κ3) is 4.31. The van der Waals surface area contributed by atoms with Crippen LogP contribution in [0.5, 0.6) is 0 Å². The van der Waals surface area contributed by atoms with E-state index in [4.69, 9.17) is 9.72 Å². The van der Waals surface area contributed by atoms with Crippen LogP contribution >= 0.6 is 0 Å². The molecule has 1 aliphatic heterocycles. The first kappa shape index (κ1) is 19.5. The van der Waals surface area contributed by atoms with Gasteiger partial charge in [-0.2, -0.15) is 5.10 Å². The highest BCUT2D eigenvalue weighted by atomic mass is 16.5. The number of carbonyl (C=O) groups excluding carboxylic acids is 1. The van der Waals surface area contributed by atoms with E-state index in [-0.39, 0.29) is 5.91 Å². The minimum atomic E-state index is -0.129. The normalized spacial score (nSPS) is 15.0. The van der Waals surface area contributed by atoms with Gasteiger partial charge >= 0.3 is 0 Å². The smallest absolute Gasteiger partial charge is 0.256 e. The lowest BCUT2D eigenvalue weighted by molar-refractivity contribution is 0.0383. The SMILES string of the molecule is Cc1nc2c(C(=O)NCCN3CCOCC3)cnn2c(C)c1Cc1ccccc1. The molecule has 1 saturated heterocycles. The molecule has 0 saturated carbocycles. The zero-order chi connectivity index (χ0) is 20.2. The molecule has 7 nitrogen and oxygen atoms in total. The zero-order valence-electron chi connectivity index (χ0n) is 17.0. The Kier molecular flexibility index (Phi) is 5.87. The summed E-state index contributed by atoms with van der Waals surface area (Å²) in [6.07, 6.45) is 2.41. The van der Waals surface area contributed by atoms with Gasteiger partial charge in [0.05, 0.1) is 19.4 Å². The van der Waals surface area contributed by atoms with Crippen molar-refractivity contribution in [2.24, 2.45) is 0 Å². The maximum Gasteiger partial charge on any atom is 0.256 e. The highest BCUT2D eigenvalue weighted by Crippen LogP contribution is 2.20. The molecule has 3 aromatic rings. The molecule has 0 bridgehead atoms. The van der Waals surface area contributed by atoms with Gasteiger partial charge < -0.3 is 10.1 Å². The molecule has 1 aromatic carbocycles. The van der Waals surface area contributed by atoms with Crippen molar-refractivity contribution in [3.63, 3.8) is 0 Å². The molecule has 2 aromatic heterocycles. The van der Waals surface area contributed by atoms with Gasteiger partial charge in [-0.25, -0.2) is 9.50 Å². The number of ether oxygens (including phenoxy) is 1. The molecular weight excluding hydrogens is 366 g/mol. The molecule has 0 aliphatic carbocycles. The molecule has 0 spiro atoms. The molecule has 1 amide bonds. The standard InChI is InChI=1S/C22H27N5O2/c1-16-19(14-18-6-4-3-5-7-18)17(2)27-21(25-16)20(15-24-27)22(28)23-8-9-26-10-12-29-13-11-26/h3-7,15H,8-14H2,1-2H3,(H,23,28). The second-order valence-electron chi connectivity index (χ2n) is 7.43. The molecule has 1 fully saturated rings. The lowest BCUT2D eigenvalue weighted by Gasteiger charge is -2.26. The lowest BCUT2D eigenvalue weighted by Crippen LogP contribution is -2.41. The number of benzene rings is 1. The van der Waals surface area contributed by atoms with Crippen molar-refractivity contribution in [2.45, 2.75) is 20.3 Å². The van der Waals surface area contributed by atoms with Crippen molar-refractivity contribution in [3.8, 4) is 0 Å². The van der Waals surface area contributed by atoms with Gasteiger partial charge in [-0.05, 0) is 25.0 Å². The van der Waals surface area contributed by atoms with Crippen molar-refractivity contribution in [1.82, 2.24) is 24.8 Å². The van der Waals surface area contributed by atoms with Crippen molar-refractivity contribution >= 4 is 11.6 Å². The Morgan fingerprint density at radius 1 is 1.17 bits per heavy atom. The predicted octanol–water partition coefficient (Wildman–Crippen LogP) is 2.00. The molecule has 152 valence electrons. The minimum Gasteiger partial charge on any atom is -0.379 e. The van der Waals surface area contributed by atoms with E-state index in [1.165, 1.54) is 5.56 Å². The van der Waals surface area contributed by atoms with Crippen LogP contribution in [0.15, 0.2) is 36.5 Å². The van der Waals surface area contributed by atoms with Crippen LogP contribution in [0, 0.1) is 13.8 Å². The van der Waals surface area contributed by atoms with Crippen molar-refractivity contribution in [2.75, 3.05) is 39.4 Å². The highest BCUT2D eigenvalue weighted by molar-refractivity contribution is 5.99. The molecule has 0 unspecified atom stereocenters. The van der Waals surface area contributed by atoms with Crippen LogP contribution in [-0.4, -0.2) is 64.8 Å². The minimum absolute atomic E-state index is 0.129. The van der Waals surface area contributed by atoms with Crippen LogP contribution in [0.2, 0.25) is 0 Å². The van der Waals surface area contributed by atoms with E-state index in [1.54, 1.807) is 10.7 Å². The summed E-state index contributed by atoms with van der Waals surface area (Å²) in [5.74, 6) is -0.129. The summed E-state index contributed by atoms with van der Waals surface area (Å²) in [5.41, 5.74) is 5.45. The molecule has 4 rings (SSSR count). The lowest BCUT2D eigenvalue weighted by atomic mass is 10.0. The molecular formula is C22H27N5O2. The Bertz CT molecular complexity index is 993. The van der Waals surface area contributed by atoms with E-state index in [0.717, 1.165) is 56.2 Å². The van der Waals surface area contributed by atoms with Gasteiger partial charge in [-0.15, -0.1) is 0 Å².